The lowest BCUT2D eigenvalue weighted by atomic mass is 10.6. The van der Waals surface area contributed by atoms with Crippen LogP contribution in [-0.4, -0.2) is 15.0 Å². The molecule has 3 nitrogen and oxygen atoms in total. The molecule has 14 heavy (non-hydrogen) atoms. The number of thioether (sulfide) groups is 1. The minimum atomic E-state index is 0.578. The van der Waals surface area contributed by atoms with E-state index in [-0.39, 0.29) is 0 Å². The summed E-state index contributed by atoms with van der Waals surface area (Å²) in [6, 6.07) is 1.80. The summed E-state index contributed by atoms with van der Waals surface area (Å²) < 4.78 is 0.578. The first-order valence-corrected chi connectivity index (χ1v) is 6.02. The molecule has 0 fully saturated rings. The van der Waals surface area contributed by atoms with Crippen molar-refractivity contribution in [3.8, 4) is 0 Å². The third-order valence-corrected chi connectivity index (χ3v) is 3.63. The summed E-state index contributed by atoms with van der Waals surface area (Å²) in [5.41, 5.74) is 0. The Kier molecular flexibility index (Phi) is 3.34. The topological polar surface area (TPSA) is 38.7 Å². The fraction of sp³-hybridized carbons (Fsp3) is 0.125. The molecular formula is C8H6ClN3S2. The lowest BCUT2D eigenvalue weighted by Gasteiger charge is -1.95. The van der Waals surface area contributed by atoms with E-state index < -0.39 is 0 Å². The van der Waals surface area contributed by atoms with Crippen molar-refractivity contribution in [1.82, 2.24) is 15.0 Å². The van der Waals surface area contributed by atoms with Gasteiger partial charge in [0.2, 0.25) is 0 Å². The van der Waals surface area contributed by atoms with Crippen LogP contribution in [0.25, 0.3) is 0 Å². The zero-order chi connectivity index (χ0) is 9.80. The maximum Gasteiger partial charge on any atom is 0.187 e. The van der Waals surface area contributed by atoms with E-state index in [2.05, 4.69) is 15.0 Å². The van der Waals surface area contributed by atoms with Crippen LogP contribution in [0.2, 0.25) is 4.47 Å². The van der Waals surface area contributed by atoms with Crippen molar-refractivity contribution in [3.63, 3.8) is 0 Å². The molecule has 0 atom stereocenters. The summed E-state index contributed by atoms with van der Waals surface area (Å²) >= 11 is 8.77. The fourth-order valence-electron chi connectivity index (χ4n) is 0.846. The average molecular weight is 244 g/mol. The Morgan fingerprint density at radius 1 is 1.29 bits per heavy atom. The van der Waals surface area contributed by atoms with E-state index >= 15 is 0 Å². The molecule has 6 heteroatoms. The highest BCUT2D eigenvalue weighted by Gasteiger charge is 2.01. The molecule has 2 aromatic heterocycles. The van der Waals surface area contributed by atoms with Crippen LogP contribution in [-0.2, 0) is 5.75 Å². The van der Waals surface area contributed by atoms with Gasteiger partial charge in [-0.15, -0.1) is 11.3 Å². The Labute approximate surface area is 94.6 Å². The van der Waals surface area contributed by atoms with Gasteiger partial charge >= 0.3 is 0 Å². The van der Waals surface area contributed by atoms with Crippen LogP contribution in [0, 0.1) is 0 Å². The van der Waals surface area contributed by atoms with Gasteiger partial charge in [-0.1, -0.05) is 23.4 Å². The highest BCUT2D eigenvalue weighted by Crippen LogP contribution is 2.24. The predicted octanol–water partition coefficient (Wildman–Crippen LogP) is 2.88. The number of halogens is 1. The van der Waals surface area contributed by atoms with Crippen LogP contribution in [0.3, 0.4) is 0 Å². The van der Waals surface area contributed by atoms with Crippen molar-refractivity contribution in [2.24, 2.45) is 0 Å². The van der Waals surface area contributed by atoms with Crippen LogP contribution in [0.4, 0.5) is 0 Å². The quantitative estimate of drug-likeness (QED) is 0.614. The molecule has 0 aromatic carbocycles. The molecule has 0 aliphatic rings. The summed E-state index contributed by atoms with van der Waals surface area (Å²) in [5.74, 6) is 0.814. The zero-order valence-corrected chi connectivity index (χ0v) is 9.44. The molecule has 0 radical (unpaired) electrons. The molecule has 2 heterocycles. The normalized spacial score (nSPS) is 10.4. The molecule has 0 spiro atoms. The first-order valence-electron chi connectivity index (χ1n) is 3.84. The lowest BCUT2D eigenvalue weighted by Crippen LogP contribution is -1.83. The minimum Gasteiger partial charge on any atom is -0.233 e. The Morgan fingerprint density at radius 3 is 2.71 bits per heavy atom. The van der Waals surface area contributed by atoms with E-state index in [1.54, 1.807) is 36.4 Å². The van der Waals surface area contributed by atoms with Crippen molar-refractivity contribution in [3.05, 3.63) is 34.0 Å². The monoisotopic (exact) mass is 243 g/mol. The first kappa shape index (κ1) is 9.89. The van der Waals surface area contributed by atoms with Crippen LogP contribution in [0.1, 0.15) is 4.88 Å². The molecule has 0 unspecified atom stereocenters. The van der Waals surface area contributed by atoms with E-state index in [9.17, 15) is 0 Å². The third kappa shape index (κ3) is 2.67. The maximum atomic E-state index is 5.71. The number of rotatable bonds is 3. The van der Waals surface area contributed by atoms with Gasteiger partial charge in [-0.2, -0.15) is 0 Å². The highest BCUT2D eigenvalue weighted by atomic mass is 35.5. The van der Waals surface area contributed by atoms with Gasteiger partial charge < -0.3 is 0 Å². The van der Waals surface area contributed by atoms with Crippen molar-refractivity contribution in [2.45, 2.75) is 10.9 Å². The molecule has 0 saturated heterocycles. The van der Waals surface area contributed by atoms with Gasteiger partial charge in [-0.3, -0.25) is 0 Å². The van der Waals surface area contributed by atoms with Gasteiger partial charge in [-0.25, -0.2) is 15.0 Å². The minimum absolute atomic E-state index is 0.578. The third-order valence-electron chi connectivity index (χ3n) is 1.41. The average Bonchev–Trinajstić information content (AvgIpc) is 2.63. The molecule has 0 bridgehead atoms. The van der Waals surface area contributed by atoms with Crippen molar-refractivity contribution >= 4 is 34.7 Å². The summed E-state index contributed by atoms with van der Waals surface area (Å²) in [4.78, 5) is 13.3. The molecule has 0 aliphatic heterocycles. The molecule has 72 valence electrons. The van der Waals surface area contributed by atoms with Gasteiger partial charge in [0.25, 0.3) is 0 Å². The number of nitrogens with zero attached hydrogens (tertiary/aromatic N) is 3. The predicted molar refractivity (Wildman–Crippen MR) is 58.7 cm³/mol. The largest absolute Gasteiger partial charge is 0.233 e. The summed E-state index contributed by atoms with van der Waals surface area (Å²) in [7, 11) is 0. The maximum absolute atomic E-state index is 5.71. The van der Waals surface area contributed by atoms with E-state index in [4.69, 9.17) is 11.6 Å². The second-order valence-corrected chi connectivity index (χ2v) is 5.04. The molecule has 0 aliphatic carbocycles. The summed E-state index contributed by atoms with van der Waals surface area (Å²) in [6.07, 6.45) is 5.24. The molecule has 0 amide bonds. The van der Waals surface area contributed by atoms with E-state index in [1.165, 1.54) is 11.3 Å². The van der Waals surface area contributed by atoms with Gasteiger partial charge in [0.1, 0.15) is 0 Å². The molecule has 0 N–H and O–H groups in total. The Bertz CT molecular complexity index is 404. The second kappa shape index (κ2) is 4.72. The second-order valence-electron chi connectivity index (χ2n) is 2.40. The Morgan fingerprint density at radius 2 is 2.07 bits per heavy atom. The van der Waals surface area contributed by atoms with E-state index in [0.717, 1.165) is 15.8 Å². The first-order chi connectivity index (χ1) is 6.84. The van der Waals surface area contributed by atoms with Gasteiger partial charge in [0.05, 0.1) is 0 Å². The fourth-order valence-corrected chi connectivity index (χ4v) is 2.65. The van der Waals surface area contributed by atoms with Gasteiger partial charge in [-0.05, 0) is 6.07 Å². The standard InChI is InChI=1S/C8H6ClN3S2/c9-7-12-4-6(14-7)5-13-8-10-2-1-3-11-8/h1-4H,5H2. The van der Waals surface area contributed by atoms with Gasteiger partial charge in [0, 0.05) is 29.2 Å². The van der Waals surface area contributed by atoms with Crippen molar-refractivity contribution in [2.75, 3.05) is 0 Å². The smallest absolute Gasteiger partial charge is 0.187 e. The number of thiazole rings is 1. The van der Waals surface area contributed by atoms with Crippen LogP contribution in [0.5, 0.6) is 0 Å². The van der Waals surface area contributed by atoms with E-state index in [0.29, 0.717) is 4.47 Å². The highest BCUT2D eigenvalue weighted by molar-refractivity contribution is 7.98. The number of hydrogen-bond acceptors (Lipinski definition) is 5. The summed E-state index contributed by atoms with van der Waals surface area (Å²) in [6.45, 7) is 0. The van der Waals surface area contributed by atoms with Crippen LogP contribution in [0.15, 0.2) is 29.8 Å². The van der Waals surface area contributed by atoms with E-state index in [1.807, 2.05) is 0 Å². The number of aromatic nitrogens is 3. The molecule has 2 aromatic rings. The number of hydrogen-bond donors (Lipinski definition) is 0. The molecular weight excluding hydrogens is 238 g/mol. The van der Waals surface area contributed by atoms with Crippen molar-refractivity contribution < 1.29 is 0 Å². The molecule has 0 saturated carbocycles. The van der Waals surface area contributed by atoms with Crippen LogP contribution >= 0.6 is 34.7 Å². The Balaban J connectivity index is 1.95. The zero-order valence-electron chi connectivity index (χ0n) is 7.05. The molecule has 2 rings (SSSR count). The summed E-state index contributed by atoms with van der Waals surface area (Å²) in [5, 5.41) is 0.775. The lowest BCUT2D eigenvalue weighted by molar-refractivity contribution is 0.967. The Hall–Kier alpha value is -0.650. The SMILES string of the molecule is Clc1ncc(CSc2ncccn2)s1. The van der Waals surface area contributed by atoms with Crippen molar-refractivity contribution in [1.29, 1.82) is 0 Å². The van der Waals surface area contributed by atoms with Crippen LogP contribution < -0.4 is 0 Å². The van der Waals surface area contributed by atoms with Gasteiger partial charge in [0.15, 0.2) is 9.62 Å².